The third-order valence-corrected chi connectivity index (χ3v) is 3.27. The molecule has 5 heteroatoms. The van der Waals surface area contributed by atoms with Crippen LogP contribution in [0, 0.1) is 0 Å². The fourth-order valence-corrected chi connectivity index (χ4v) is 2.11. The first-order chi connectivity index (χ1) is 11.7. The maximum Gasteiger partial charge on any atom is 0.248 e. The van der Waals surface area contributed by atoms with Crippen molar-refractivity contribution < 1.29 is 19.0 Å². The zero-order valence-corrected chi connectivity index (χ0v) is 14.0. The normalized spacial score (nSPS) is 10.5. The van der Waals surface area contributed by atoms with E-state index in [2.05, 4.69) is 5.32 Å². The lowest BCUT2D eigenvalue weighted by Crippen LogP contribution is -2.07. The molecular formula is C19H21NO4. The number of carbonyl (C=O) groups is 1. The summed E-state index contributed by atoms with van der Waals surface area (Å²) in [5, 5.41) is 2.78. The van der Waals surface area contributed by atoms with Crippen molar-refractivity contribution in [1.82, 2.24) is 0 Å². The third-order valence-electron chi connectivity index (χ3n) is 3.27. The highest BCUT2D eigenvalue weighted by atomic mass is 16.5. The number of hydrogen-bond donors (Lipinski definition) is 1. The molecule has 2 rings (SSSR count). The van der Waals surface area contributed by atoms with Gasteiger partial charge in [0.2, 0.25) is 5.91 Å². The van der Waals surface area contributed by atoms with Gasteiger partial charge < -0.3 is 19.5 Å². The molecule has 2 aromatic carbocycles. The van der Waals surface area contributed by atoms with Crippen LogP contribution in [0.15, 0.2) is 48.5 Å². The molecule has 1 amide bonds. The second-order valence-corrected chi connectivity index (χ2v) is 4.89. The molecule has 0 bridgehead atoms. The Morgan fingerprint density at radius 1 is 1.04 bits per heavy atom. The Hall–Kier alpha value is -2.95. The van der Waals surface area contributed by atoms with Crippen LogP contribution >= 0.6 is 0 Å². The minimum absolute atomic E-state index is 0.226. The Labute approximate surface area is 141 Å². The summed E-state index contributed by atoms with van der Waals surface area (Å²) < 4.78 is 15.8. The van der Waals surface area contributed by atoms with E-state index in [0.717, 1.165) is 11.3 Å². The molecule has 0 atom stereocenters. The van der Waals surface area contributed by atoms with Crippen LogP contribution < -0.4 is 19.5 Å². The topological polar surface area (TPSA) is 56.8 Å². The number of nitrogens with one attached hydrogen (secondary N) is 1. The molecule has 5 nitrogen and oxygen atoms in total. The van der Waals surface area contributed by atoms with Crippen LogP contribution in [0.5, 0.6) is 17.2 Å². The lowest BCUT2D eigenvalue weighted by Gasteiger charge is -2.09. The van der Waals surface area contributed by atoms with Crippen LogP contribution in [-0.2, 0) is 4.79 Å². The molecule has 0 saturated carbocycles. The molecule has 0 aliphatic carbocycles. The summed E-state index contributed by atoms with van der Waals surface area (Å²) in [6.07, 6.45) is 3.22. The fourth-order valence-electron chi connectivity index (χ4n) is 2.11. The van der Waals surface area contributed by atoms with E-state index in [1.54, 1.807) is 38.5 Å². The third kappa shape index (κ3) is 4.78. The highest BCUT2D eigenvalue weighted by Gasteiger charge is 2.05. The lowest BCUT2D eigenvalue weighted by atomic mass is 10.2. The first-order valence-electron chi connectivity index (χ1n) is 7.60. The van der Waals surface area contributed by atoms with Gasteiger partial charge in [-0.3, -0.25) is 4.79 Å². The van der Waals surface area contributed by atoms with Gasteiger partial charge >= 0.3 is 0 Å². The Bertz CT molecular complexity index is 708. The summed E-state index contributed by atoms with van der Waals surface area (Å²) in [4.78, 5) is 12.0. The molecule has 0 aromatic heterocycles. The first kappa shape index (κ1) is 17.4. The van der Waals surface area contributed by atoms with E-state index >= 15 is 0 Å². The van der Waals surface area contributed by atoms with Crippen molar-refractivity contribution in [2.75, 3.05) is 26.1 Å². The Balaban J connectivity index is 1.99. The standard InChI is InChI=1S/C19H21NO4/c1-4-24-16-9-5-14(6-10-16)7-12-19(21)20-15-8-11-17(22-2)18(13-15)23-3/h5-13H,4H2,1-3H3,(H,20,21). The minimum Gasteiger partial charge on any atom is -0.494 e. The van der Waals surface area contributed by atoms with E-state index in [9.17, 15) is 4.79 Å². The van der Waals surface area contributed by atoms with Crippen molar-refractivity contribution in [2.24, 2.45) is 0 Å². The second-order valence-electron chi connectivity index (χ2n) is 4.89. The zero-order valence-electron chi connectivity index (χ0n) is 14.0. The van der Waals surface area contributed by atoms with E-state index in [4.69, 9.17) is 14.2 Å². The molecule has 0 aliphatic rings. The second kappa shape index (κ2) is 8.62. The quantitative estimate of drug-likeness (QED) is 0.787. The summed E-state index contributed by atoms with van der Waals surface area (Å²) in [7, 11) is 3.12. The zero-order chi connectivity index (χ0) is 17.4. The van der Waals surface area contributed by atoms with Crippen molar-refractivity contribution in [3.05, 3.63) is 54.1 Å². The molecule has 0 unspecified atom stereocenters. The largest absolute Gasteiger partial charge is 0.494 e. The predicted molar refractivity (Wildman–Crippen MR) is 94.8 cm³/mol. The molecule has 0 heterocycles. The van der Waals surface area contributed by atoms with Crippen LogP contribution in [0.25, 0.3) is 6.08 Å². The Kier molecular flexibility index (Phi) is 6.25. The number of anilines is 1. The smallest absolute Gasteiger partial charge is 0.248 e. The highest BCUT2D eigenvalue weighted by Crippen LogP contribution is 2.29. The molecular weight excluding hydrogens is 306 g/mol. The van der Waals surface area contributed by atoms with Crippen molar-refractivity contribution in [2.45, 2.75) is 6.92 Å². The highest BCUT2D eigenvalue weighted by molar-refractivity contribution is 6.02. The van der Waals surface area contributed by atoms with Crippen molar-refractivity contribution in [3.63, 3.8) is 0 Å². The summed E-state index contributed by atoms with van der Waals surface area (Å²) in [5.74, 6) is 1.76. The molecule has 0 radical (unpaired) electrons. The van der Waals surface area contributed by atoms with E-state index in [0.29, 0.717) is 23.8 Å². The summed E-state index contributed by atoms with van der Waals surface area (Å²) in [6.45, 7) is 2.56. The van der Waals surface area contributed by atoms with Gasteiger partial charge in [-0.1, -0.05) is 12.1 Å². The van der Waals surface area contributed by atoms with E-state index in [1.807, 2.05) is 31.2 Å². The number of carbonyl (C=O) groups excluding carboxylic acids is 1. The van der Waals surface area contributed by atoms with Crippen LogP contribution in [0.4, 0.5) is 5.69 Å². The molecule has 0 aliphatic heterocycles. The monoisotopic (exact) mass is 327 g/mol. The predicted octanol–water partition coefficient (Wildman–Crippen LogP) is 3.75. The number of benzene rings is 2. The van der Waals surface area contributed by atoms with E-state index < -0.39 is 0 Å². The molecule has 2 aromatic rings. The average molecular weight is 327 g/mol. The average Bonchev–Trinajstić information content (AvgIpc) is 2.61. The maximum atomic E-state index is 12.0. The van der Waals surface area contributed by atoms with Gasteiger partial charge in [0.15, 0.2) is 11.5 Å². The number of methoxy groups -OCH3 is 2. The first-order valence-corrected chi connectivity index (χ1v) is 7.60. The van der Waals surface area contributed by atoms with Crippen LogP contribution in [0.3, 0.4) is 0 Å². The van der Waals surface area contributed by atoms with Gasteiger partial charge in [0.1, 0.15) is 5.75 Å². The minimum atomic E-state index is -0.226. The van der Waals surface area contributed by atoms with Gasteiger partial charge in [0.25, 0.3) is 0 Å². The van der Waals surface area contributed by atoms with Crippen LogP contribution in [0.1, 0.15) is 12.5 Å². The van der Waals surface area contributed by atoms with E-state index in [-0.39, 0.29) is 5.91 Å². The summed E-state index contributed by atoms with van der Waals surface area (Å²) >= 11 is 0. The Morgan fingerprint density at radius 2 is 1.75 bits per heavy atom. The number of hydrogen-bond acceptors (Lipinski definition) is 4. The number of rotatable bonds is 7. The lowest BCUT2D eigenvalue weighted by molar-refractivity contribution is -0.111. The molecule has 0 saturated heterocycles. The van der Waals surface area contributed by atoms with Crippen LogP contribution in [0.2, 0.25) is 0 Å². The molecule has 126 valence electrons. The number of amides is 1. The van der Waals surface area contributed by atoms with E-state index in [1.165, 1.54) is 6.08 Å². The van der Waals surface area contributed by atoms with Crippen molar-refractivity contribution >= 4 is 17.7 Å². The maximum absolute atomic E-state index is 12.0. The summed E-state index contributed by atoms with van der Waals surface area (Å²) in [6, 6.07) is 12.7. The SMILES string of the molecule is CCOc1ccc(C=CC(=O)Nc2ccc(OC)c(OC)c2)cc1. The van der Waals surface area contributed by atoms with Crippen molar-refractivity contribution in [3.8, 4) is 17.2 Å². The van der Waals surface area contributed by atoms with Gasteiger partial charge in [-0.2, -0.15) is 0 Å². The Morgan fingerprint density at radius 3 is 2.38 bits per heavy atom. The molecule has 1 N–H and O–H groups in total. The van der Waals surface area contributed by atoms with Crippen molar-refractivity contribution in [1.29, 1.82) is 0 Å². The van der Waals surface area contributed by atoms with Gasteiger partial charge in [-0.05, 0) is 42.8 Å². The van der Waals surface area contributed by atoms with Gasteiger partial charge in [0, 0.05) is 17.8 Å². The van der Waals surface area contributed by atoms with Gasteiger partial charge in [-0.15, -0.1) is 0 Å². The van der Waals surface area contributed by atoms with Gasteiger partial charge in [0.05, 0.1) is 20.8 Å². The van der Waals surface area contributed by atoms with Crippen LogP contribution in [-0.4, -0.2) is 26.7 Å². The molecule has 0 spiro atoms. The molecule has 24 heavy (non-hydrogen) atoms. The fraction of sp³-hybridized carbons (Fsp3) is 0.211. The number of ether oxygens (including phenoxy) is 3. The van der Waals surface area contributed by atoms with Gasteiger partial charge in [-0.25, -0.2) is 0 Å². The summed E-state index contributed by atoms with van der Waals surface area (Å²) in [5.41, 5.74) is 1.55. The molecule has 0 fully saturated rings.